The third-order valence-corrected chi connectivity index (χ3v) is 11.7. The van der Waals surface area contributed by atoms with Crippen LogP contribution in [0.25, 0.3) is 110 Å². The van der Waals surface area contributed by atoms with Gasteiger partial charge in [0.1, 0.15) is 11.2 Å². The number of hydrogen-bond acceptors (Lipinski definition) is 5. The normalized spacial score (nSPS) is 11.6. The van der Waals surface area contributed by atoms with Gasteiger partial charge >= 0.3 is 0 Å². The molecule has 56 heavy (non-hydrogen) atoms. The van der Waals surface area contributed by atoms with Crippen LogP contribution in [0, 0.1) is 0 Å². The molecule has 8 aromatic carbocycles. The minimum Gasteiger partial charge on any atom is -0.456 e. The van der Waals surface area contributed by atoms with Crippen LogP contribution >= 0.6 is 11.3 Å². The Kier molecular flexibility index (Phi) is 7.64. The fourth-order valence-electron chi connectivity index (χ4n) is 7.85. The molecule has 0 N–H and O–H groups in total. The average Bonchev–Trinajstić information content (AvgIpc) is 3.85. The molecule has 0 atom stereocenters. The Labute approximate surface area is 327 Å². The molecule has 0 aliphatic rings. The number of furan rings is 1. The lowest BCUT2D eigenvalue weighted by molar-refractivity contribution is 0.669. The van der Waals surface area contributed by atoms with Gasteiger partial charge in [-0.25, -0.2) is 15.0 Å². The Balaban J connectivity index is 1.07. The first-order valence-corrected chi connectivity index (χ1v) is 19.5. The van der Waals surface area contributed by atoms with Gasteiger partial charge in [-0.1, -0.05) is 152 Å². The predicted octanol–water partition coefficient (Wildman–Crippen LogP) is 14.1. The molecule has 11 rings (SSSR count). The van der Waals surface area contributed by atoms with Crippen molar-refractivity contribution >= 4 is 53.4 Å². The maximum Gasteiger partial charge on any atom is 0.164 e. The summed E-state index contributed by atoms with van der Waals surface area (Å²) in [6.45, 7) is 0. The fourth-order valence-corrected chi connectivity index (χ4v) is 9.02. The van der Waals surface area contributed by atoms with Gasteiger partial charge in [0.05, 0.1) is 0 Å². The molecule has 262 valence electrons. The van der Waals surface area contributed by atoms with Crippen molar-refractivity contribution in [3.63, 3.8) is 0 Å². The lowest BCUT2D eigenvalue weighted by atomic mass is 9.92. The molecule has 0 fully saturated rings. The highest BCUT2D eigenvalue weighted by atomic mass is 32.1. The number of thiophene rings is 1. The van der Waals surface area contributed by atoms with E-state index in [9.17, 15) is 0 Å². The summed E-state index contributed by atoms with van der Waals surface area (Å²) in [7, 11) is 0. The Bertz CT molecular complexity index is 3170. The van der Waals surface area contributed by atoms with Crippen molar-refractivity contribution in [2.75, 3.05) is 0 Å². The molecule has 4 nitrogen and oxygen atoms in total. The molecule has 0 saturated heterocycles. The predicted molar refractivity (Wildman–Crippen MR) is 233 cm³/mol. The number of fused-ring (bicyclic) bond motifs is 6. The van der Waals surface area contributed by atoms with E-state index in [0.717, 1.165) is 49.8 Å². The third kappa shape index (κ3) is 5.56. The van der Waals surface area contributed by atoms with Crippen molar-refractivity contribution in [1.29, 1.82) is 0 Å². The molecule has 0 spiro atoms. The van der Waals surface area contributed by atoms with E-state index in [1.165, 1.54) is 42.4 Å². The second kappa shape index (κ2) is 13.3. The zero-order valence-electron chi connectivity index (χ0n) is 30.1. The Morgan fingerprint density at radius 1 is 0.321 bits per heavy atom. The van der Waals surface area contributed by atoms with Crippen LogP contribution in [-0.2, 0) is 0 Å². The molecule has 5 heteroatoms. The summed E-state index contributed by atoms with van der Waals surface area (Å²) in [6, 6.07) is 65.8. The molecule has 0 radical (unpaired) electrons. The highest BCUT2D eigenvalue weighted by Crippen LogP contribution is 2.45. The standard InChI is InChI=1S/C51H31N3OS/c1-4-13-32(14-5-1)33-23-25-34(26-24-33)42-29-38(31-46-48(42)41-19-10-11-22-45(41)56-46)39-20-12-21-43-47(39)40-28-27-37(30-44(40)55-43)51-53-49(35-15-6-2-7-16-35)52-50(54-51)36-17-8-3-9-18-36/h1-31H. The van der Waals surface area contributed by atoms with Crippen molar-refractivity contribution in [2.24, 2.45) is 0 Å². The van der Waals surface area contributed by atoms with Crippen LogP contribution in [0.1, 0.15) is 0 Å². The zero-order valence-corrected chi connectivity index (χ0v) is 30.9. The van der Waals surface area contributed by atoms with Crippen molar-refractivity contribution in [3.05, 3.63) is 188 Å². The maximum atomic E-state index is 6.64. The summed E-state index contributed by atoms with van der Waals surface area (Å²) in [5, 5.41) is 4.71. The second-order valence-electron chi connectivity index (χ2n) is 14.0. The summed E-state index contributed by atoms with van der Waals surface area (Å²) in [5.74, 6) is 1.85. The van der Waals surface area contributed by atoms with Crippen LogP contribution in [-0.4, -0.2) is 15.0 Å². The van der Waals surface area contributed by atoms with E-state index >= 15 is 0 Å². The van der Waals surface area contributed by atoms with Crippen LogP contribution in [0.2, 0.25) is 0 Å². The molecule has 0 unspecified atom stereocenters. The van der Waals surface area contributed by atoms with E-state index in [0.29, 0.717) is 17.5 Å². The number of hydrogen-bond donors (Lipinski definition) is 0. The van der Waals surface area contributed by atoms with Crippen molar-refractivity contribution < 1.29 is 4.42 Å². The summed E-state index contributed by atoms with van der Waals surface area (Å²) in [5.41, 5.74) is 11.5. The summed E-state index contributed by atoms with van der Waals surface area (Å²) >= 11 is 1.85. The van der Waals surface area contributed by atoms with Gasteiger partial charge in [-0.05, 0) is 69.8 Å². The van der Waals surface area contributed by atoms with Crippen molar-refractivity contribution in [1.82, 2.24) is 15.0 Å². The van der Waals surface area contributed by atoms with E-state index < -0.39 is 0 Å². The lowest BCUT2D eigenvalue weighted by Crippen LogP contribution is -2.00. The molecule has 11 aromatic rings. The van der Waals surface area contributed by atoms with Crippen molar-refractivity contribution in [3.8, 4) is 67.5 Å². The summed E-state index contributed by atoms with van der Waals surface area (Å²) in [4.78, 5) is 14.8. The van der Waals surface area contributed by atoms with Gasteiger partial charge in [-0.3, -0.25) is 0 Å². The van der Waals surface area contributed by atoms with Crippen LogP contribution in [0.4, 0.5) is 0 Å². The van der Waals surface area contributed by atoms with E-state index in [-0.39, 0.29) is 0 Å². The topological polar surface area (TPSA) is 51.8 Å². The second-order valence-corrected chi connectivity index (χ2v) is 15.1. The van der Waals surface area contributed by atoms with Gasteiger partial charge in [0.15, 0.2) is 17.5 Å². The number of benzene rings is 8. The SMILES string of the molecule is c1ccc(-c2ccc(-c3cc(-c4cccc5oc6cc(-c7nc(-c8ccccc8)nc(-c8ccccc8)n7)ccc6c45)cc4sc5ccccc5c34)cc2)cc1. The van der Waals surface area contributed by atoms with Crippen LogP contribution < -0.4 is 0 Å². The van der Waals surface area contributed by atoms with Crippen LogP contribution in [0.3, 0.4) is 0 Å². The minimum atomic E-state index is 0.596. The highest BCUT2D eigenvalue weighted by Gasteiger charge is 2.19. The summed E-state index contributed by atoms with van der Waals surface area (Å²) < 4.78 is 9.19. The number of aromatic nitrogens is 3. The number of nitrogens with zero attached hydrogens (tertiary/aromatic N) is 3. The monoisotopic (exact) mass is 733 g/mol. The van der Waals surface area contributed by atoms with Gasteiger partial charge < -0.3 is 4.42 Å². The molecule has 0 bridgehead atoms. The lowest BCUT2D eigenvalue weighted by Gasteiger charge is -2.11. The summed E-state index contributed by atoms with van der Waals surface area (Å²) in [6.07, 6.45) is 0. The van der Waals surface area contributed by atoms with E-state index in [2.05, 4.69) is 127 Å². The van der Waals surface area contributed by atoms with Crippen LogP contribution in [0.5, 0.6) is 0 Å². The maximum absolute atomic E-state index is 6.64. The molecule has 0 aliphatic heterocycles. The molecular formula is C51H31N3OS. The first-order chi connectivity index (χ1) is 27.7. The minimum absolute atomic E-state index is 0.596. The average molecular weight is 734 g/mol. The van der Waals surface area contributed by atoms with Crippen molar-refractivity contribution in [2.45, 2.75) is 0 Å². The highest BCUT2D eigenvalue weighted by molar-refractivity contribution is 7.26. The Morgan fingerprint density at radius 3 is 1.59 bits per heavy atom. The largest absolute Gasteiger partial charge is 0.456 e. The van der Waals surface area contributed by atoms with Gasteiger partial charge in [0, 0.05) is 47.6 Å². The van der Waals surface area contributed by atoms with Gasteiger partial charge in [-0.2, -0.15) is 0 Å². The smallest absolute Gasteiger partial charge is 0.164 e. The van der Waals surface area contributed by atoms with Gasteiger partial charge in [0.25, 0.3) is 0 Å². The fraction of sp³-hybridized carbons (Fsp3) is 0. The Hall–Kier alpha value is -7.21. The molecule has 0 aliphatic carbocycles. The first kappa shape index (κ1) is 32.2. The molecule has 3 heterocycles. The first-order valence-electron chi connectivity index (χ1n) is 18.7. The van der Waals surface area contributed by atoms with E-state index in [1.54, 1.807) is 0 Å². The third-order valence-electron chi connectivity index (χ3n) is 10.5. The zero-order chi connectivity index (χ0) is 37.0. The van der Waals surface area contributed by atoms with Crippen LogP contribution in [0.15, 0.2) is 192 Å². The molecular weight excluding hydrogens is 703 g/mol. The molecule has 3 aromatic heterocycles. The van der Waals surface area contributed by atoms with Gasteiger partial charge in [-0.15, -0.1) is 11.3 Å². The number of rotatable bonds is 6. The molecule has 0 saturated carbocycles. The Morgan fingerprint density at radius 2 is 0.893 bits per heavy atom. The van der Waals surface area contributed by atoms with Gasteiger partial charge in [0.2, 0.25) is 0 Å². The van der Waals surface area contributed by atoms with E-state index in [1.807, 2.05) is 72.0 Å². The van der Waals surface area contributed by atoms with E-state index in [4.69, 9.17) is 19.4 Å². The molecule has 0 amide bonds. The quantitative estimate of drug-likeness (QED) is 0.171.